The highest BCUT2D eigenvalue weighted by molar-refractivity contribution is 5.85. The second kappa shape index (κ2) is 8.41. The van der Waals surface area contributed by atoms with Gasteiger partial charge in [-0.2, -0.15) is 5.10 Å². The van der Waals surface area contributed by atoms with Crippen molar-refractivity contribution in [1.82, 2.24) is 23.8 Å². The molecule has 4 heterocycles. The Hall–Kier alpha value is -3.88. The van der Waals surface area contributed by atoms with Crippen molar-refractivity contribution in [3.05, 3.63) is 69.6 Å². The largest absolute Gasteiger partial charge is 0.444 e. The normalized spacial score (nSPS) is 15.1. The van der Waals surface area contributed by atoms with Crippen molar-refractivity contribution in [3.8, 4) is 5.69 Å². The van der Waals surface area contributed by atoms with Crippen molar-refractivity contribution in [2.24, 2.45) is 7.05 Å². The third-order valence-corrected chi connectivity index (χ3v) is 6.48. The van der Waals surface area contributed by atoms with Crippen LogP contribution in [-0.4, -0.2) is 48.6 Å². The van der Waals surface area contributed by atoms with Crippen molar-refractivity contribution < 1.29 is 9.53 Å². The summed E-state index contributed by atoms with van der Waals surface area (Å²) in [5.41, 5.74) is 0.819. The Morgan fingerprint density at radius 2 is 1.74 bits per heavy atom. The van der Waals surface area contributed by atoms with E-state index in [-0.39, 0.29) is 23.3 Å². The van der Waals surface area contributed by atoms with E-state index in [0.717, 1.165) is 16.6 Å². The highest BCUT2D eigenvalue weighted by Crippen LogP contribution is 2.25. The number of hydrogen-bond donors (Lipinski definition) is 0. The lowest BCUT2D eigenvalue weighted by atomic mass is 10.0. The average Bonchev–Trinajstić information content (AvgIpc) is 3.25. The molecular weight excluding hydrogens is 446 g/mol. The van der Waals surface area contributed by atoms with Crippen LogP contribution < -0.4 is 11.1 Å². The molecule has 4 aromatic rings. The minimum Gasteiger partial charge on any atom is -0.444 e. The quantitative estimate of drug-likeness (QED) is 0.442. The third kappa shape index (κ3) is 4.22. The van der Waals surface area contributed by atoms with Gasteiger partial charge in [0, 0.05) is 44.0 Å². The molecule has 9 nitrogen and oxygen atoms in total. The maximum atomic E-state index is 13.3. The minimum absolute atomic E-state index is 0.0246. The summed E-state index contributed by atoms with van der Waals surface area (Å²) in [5.74, 6) is 0. The SMILES string of the molecule is Cn1ccc2c(cnn2-c2ccc3c(=O)n(C4CCN(C(=O)OC(C)(C)C)CC4)ccc3c2)c1=O. The van der Waals surface area contributed by atoms with Crippen LogP contribution in [0.15, 0.2) is 58.5 Å². The summed E-state index contributed by atoms with van der Waals surface area (Å²) >= 11 is 0. The number of fused-ring (bicyclic) bond motifs is 2. The number of pyridine rings is 2. The van der Waals surface area contributed by atoms with E-state index < -0.39 is 5.60 Å². The molecule has 0 bridgehead atoms. The fraction of sp³-hybridized carbons (Fsp3) is 0.385. The van der Waals surface area contributed by atoms with Crippen LogP contribution in [-0.2, 0) is 11.8 Å². The van der Waals surface area contributed by atoms with Crippen molar-refractivity contribution in [3.63, 3.8) is 0 Å². The van der Waals surface area contributed by atoms with Gasteiger partial charge in [-0.3, -0.25) is 9.59 Å². The Kier molecular flexibility index (Phi) is 5.50. The molecule has 0 atom stereocenters. The van der Waals surface area contributed by atoms with Crippen molar-refractivity contribution in [1.29, 1.82) is 0 Å². The zero-order valence-electron chi connectivity index (χ0n) is 20.4. The maximum Gasteiger partial charge on any atom is 0.410 e. The number of likely N-dealkylation sites (tertiary alicyclic amines) is 1. The highest BCUT2D eigenvalue weighted by Gasteiger charge is 2.28. The number of hydrogen-bond acceptors (Lipinski definition) is 5. The molecule has 9 heteroatoms. The fourth-order valence-electron chi connectivity index (χ4n) is 4.65. The molecule has 182 valence electrons. The molecule has 0 aliphatic carbocycles. The predicted molar refractivity (Wildman–Crippen MR) is 134 cm³/mol. The van der Waals surface area contributed by atoms with Crippen LogP contribution in [0.2, 0.25) is 0 Å². The van der Waals surface area contributed by atoms with E-state index in [1.165, 1.54) is 4.57 Å². The van der Waals surface area contributed by atoms with E-state index in [1.807, 2.05) is 57.3 Å². The van der Waals surface area contributed by atoms with Gasteiger partial charge in [0.1, 0.15) is 5.60 Å². The number of benzene rings is 1. The summed E-state index contributed by atoms with van der Waals surface area (Å²) < 4.78 is 10.5. The van der Waals surface area contributed by atoms with Crippen LogP contribution in [0, 0.1) is 0 Å². The van der Waals surface area contributed by atoms with Crippen LogP contribution in [0.25, 0.3) is 27.4 Å². The number of carbonyl (C=O) groups is 1. The fourth-order valence-corrected chi connectivity index (χ4v) is 4.65. The number of piperidine rings is 1. The number of amides is 1. The number of nitrogens with zero attached hydrogens (tertiary/aromatic N) is 5. The van der Waals surface area contributed by atoms with Crippen LogP contribution in [0.1, 0.15) is 39.7 Å². The Morgan fingerprint density at radius 1 is 1.00 bits per heavy atom. The van der Waals surface area contributed by atoms with Crippen LogP contribution >= 0.6 is 0 Å². The number of rotatable bonds is 2. The molecule has 0 radical (unpaired) electrons. The van der Waals surface area contributed by atoms with Gasteiger partial charge >= 0.3 is 6.09 Å². The molecule has 1 aromatic carbocycles. The average molecular weight is 476 g/mol. The van der Waals surface area contributed by atoms with E-state index in [4.69, 9.17) is 4.74 Å². The third-order valence-electron chi connectivity index (χ3n) is 6.48. The molecule has 3 aromatic heterocycles. The lowest BCUT2D eigenvalue weighted by Gasteiger charge is -2.34. The summed E-state index contributed by atoms with van der Waals surface area (Å²) in [6.07, 6.45) is 6.20. The Bertz CT molecular complexity index is 1550. The molecule has 1 amide bonds. The molecule has 1 saturated heterocycles. The Labute approximate surface area is 202 Å². The molecule has 0 saturated carbocycles. The van der Waals surface area contributed by atoms with Crippen LogP contribution in [0.4, 0.5) is 4.79 Å². The van der Waals surface area contributed by atoms with Crippen LogP contribution in [0.5, 0.6) is 0 Å². The molecule has 35 heavy (non-hydrogen) atoms. The van der Waals surface area contributed by atoms with Gasteiger partial charge in [0.05, 0.1) is 22.8 Å². The standard InChI is InChI=1S/C26H29N5O4/c1-26(2,3)35-25(34)29-12-8-18(9-13-29)30-14-7-17-15-19(5-6-20(17)24(30)33)31-22-10-11-28(4)23(32)21(22)16-27-31/h5-7,10-11,14-16,18H,8-9,12-13H2,1-4H3. The molecule has 1 fully saturated rings. The summed E-state index contributed by atoms with van der Waals surface area (Å²) in [5, 5.41) is 6.38. The first kappa shape index (κ1) is 22.9. The highest BCUT2D eigenvalue weighted by atomic mass is 16.6. The zero-order chi connectivity index (χ0) is 24.9. The topological polar surface area (TPSA) is 91.4 Å². The second-order valence-electron chi connectivity index (χ2n) is 10.1. The molecule has 1 aliphatic rings. The number of ether oxygens (including phenoxy) is 1. The molecule has 0 unspecified atom stereocenters. The smallest absolute Gasteiger partial charge is 0.410 e. The summed E-state index contributed by atoms with van der Waals surface area (Å²) in [6, 6.07) is 9.39. The molecule has 5 rings (SSSR count). The predicted octanol–water partition coefficient (Wildman–Crippen LogP) is 3.61. The summed E-state index contributed by atoms with van der Waals surface area (Å²) in [7, 11) is 1.71. The van der Waals surface area contributed by atoms with Gasteiger partial charge in [-0.25, -0.2) is 9.48 Å². The van der Waals surface area contributed by atoms with Crippen molar-refractivity contribution >= 4 is 27.8 Å². The first-order valence-electron chi connectivity index (χ1n) is 11.8. The molecule has 1 aliphatic heterocycles. The van der Waals surface area contributed by atoms with E-state index in [9.17, 15) is 14.4 Å². The van der Waals surface area contributed by atoms with Gasteiger partial charge in [0.2, 0.25) is 0 Å². The second-order valence-corrected chi connectivity index (χ2v) is 10.1. The molecule has 0 spiro atoms. The first-order valence-corrected chi connectivity index (χ1v) is 11.8. The van der Waals surface area contributed by atoms with E-state index >= 15 is 0 Å². The summed E-state index contributed by atoms with van der Waals surface area (Å²) in [6.45, 7) is 6.67. The van der Waals surface area contributed by atoms with Gasteiger partial charge in [0.15, 0.2) is 0 Å². The van der Waals surface area contributed by atoms with Crippen LogP contribution in [0.3, 0.4) is 0 Å². The van der Waals surface area contributed by atoms with E-state index in [2.05, 4.69) is 5.10 Å². The van der Waals surface area contributed by atoms with Gasteiger partial charge in [0.25, 0.3) is 11.1 Å². The van der Waals surface area contributed by atoms with Gasteiger partial charge < -0.3 is 18.8 Å². The van der Waals surface area contributed by atoms with Gasteiger partial charge in [-0.15, -0.1) is 0 Å². The Morgan fingerprint density at radius 3 is 2.46 bits per heavy atom. The van der Waals surface area contributed by atoms with E-state index in [1.54, 1.807) is 33.6 Å². The molecule has 0 N–H and O–H groups in total. The van der Waals surface area contributed by atoms with Crippen molar-refractivity contribution in [2.45, 2.75) is 45.3 Å². The molecular formula is C26H29N5O4. The first-order chi connectivity index (χ1) is 16.6. The van der Waals surface area contributed by atoms with Gasteiger partial charge in [-0.1, -0.05) is 0 Å². The zero-order valence-corrected chi connectivity index (χ0v) is 20.4. The Balaban J connectivity index is 1.40. The van der Waals surface area contributed by atoms with E-state index in [0.29, 0.717) is 36.7 Å². The number of carbonyl (C=O) groups excluding carboxylic acids is 1. The van der Waals surface area contributed by atoms with Gasteiger partial charge in [-0.05, 0) is 69.3 Å². The lowest BCUT2D eigenvalue weighted by Crippen LogP contribution is -2.43. The lowest BCUT2D eigenvalue weighted by molar-refractivity contribution is 0.0187. The minimum atomic E-state index is -0.528. The number of aryl methyl sites for hydroxylation is 1. The van der Waals surface area contributed by atoms with Crippen molar-refractivity contribution in [2.75, 3.05) is 13.1 Å². The number of aromatic nitrogens is 4. The summed E-state index contributed by atoms with van der Waals surface area (Å²) in [4.78, 5) is 39.8. The maximum absolute atomic E-state index is 13.3. The monoisotopic (exact) mass is 475 g/mol.